The number of amides is 1. The molecule has 0 rings (SSSR count). The Kier molecular flexibility index (Phi) is 7.21. The average molecular weight is 216 g/mol. The van der Waals surface area contributed by atoms with Crippen LogP contribution in [0.15, 0.2) is 22.8 Å². The van der Waals surface area contributed by atoms with Crippen molar-refractivity contribution in [1.29, 1.82) is 0 Å². The standard InChI is InChI=1S/C11H18ClNO/c1-4-9(8-10(12)5-2)6-7-11(14)13-3/h4,8H,5-7H2,1-3H3,(H,13,14)/b9-4-,10-8+. The zero-order valence-electron chi connectivity index (χ0n) is 9.06. The van der Waals surface area contributed by atoms with Crippen molar-refractivity contribution in [1.82, 2.24) is 5.32 Å². The van der Waals surface area contributed by atoms with E-state index < -0.39 is 0 Å². The number of hydrogen-bond donors (Lipinski definition) is 1. The van der Waals surface area contributed by atoms with Gasteiger partial charge < -0.3 is 5.32 Å². The van der Waals surface area contributed by atoms with E-state index in [4.69, 9.17) is 11.6 Å². The third-order valence-corrected chi connectivity index (χ3v) is 2.35. The van der Waals surface area contributed by atoms with Gasteiger partial charge in [-0.25, -0.2) is 0 Å². The minimum atomic E-state index is 0.0605. The molecule has 14 heavy (non-hydrogen) atoms. The molecule has 0 aromatic rings. The molecule has 0 radical (unpaired) electrons. The molecule has 0 atom stereocenters. The molecule has 0 saturated carbocycles. The molecule has 1 N–H and O–H groups in total. The van der Waals surface area contributed by atoms with Crippen LogP contribution in [0, 0.1) is 0 Å². The summed E-state index contributed by atoms with van der Waals surface area (Å²) in [6.45, 7) is 3.96. The Labute approximate surface area is 91.0 Å². The Morgan fingerprint density at radius 1 is 1.43 bits per heavy atom. The average Bonchev–Trinajstić information content (AvgIpc) is 2.22. The van der Waals surface area contributed by atoms with E-state index in [0.29, 0.717) is 6.42 Å². The topological polar surface area (TPSA) is 29.1 Å². The van der Waals surface area contributed by atoms with Crippen LogP contribution in [0.25, 0.3) is 0 Å². The second-order valence-corrected chi connectivity index (χ2v) is 3.47. The minimum absolute atomic E-state index is 0.0605. The van der Waals surface area contributed by atoms with Crippen molar-refractivity contribution in [2.45, 2.75) is 33.1 Å². The minimum Gasteiger partial charge on any atom is -0.359 e. The number of allylic oxidation sites excluding steroid dienone is 4. The van der Waals surface area contributed by atoms with Crippen LogP contribution < -0.4 is 5.32 Å². The van der Waals surface area contributed by atoms with Gasteiger partial charge >= 0.3 is 0 Å². The molecule has 2 nitrogen and oxygen atoms in total. The van der Waals surface area contributed by atoms with Crippen LogP contribution in [0.1, 0.15) is 33.1 Å². The maximum absolute atomic E-state index is 11.0. The van der Waals surface area contributed by atoms with Gasteiger partial charge in [-0.1, -0.05) is 30.2 Å². The van der Waals surface area contributed by atoms with Gasteiger partial charge in [0.15, 0.2) is 0 Å². The summed E-state index contributed by atoms with van der Waals surface area (Å²) >= 11 is 5.91. The lowest BCUT2D eigenvalue weighted by molar-refractivity contribution is -0.120. The van der Waals surface area contributed by atoms with Crippen molar-refractivity contribution < 1.29 is 4.79 Å². The second kappa shape index (κ2) is 7.63. The summed E-state index contributed by atoms with van der Waals surface area (Å²) in [7, 11) is 1.65. The molecule has 0 fully saturated rings. The highest BCUT2D eigenvalue weighted by atomic mass is 35.5. The van der Waals surface area contributed by atoms with Crippen molar-refractivity contribution in [3.05, 3.63) is 22.8 Å². The predicted molar refractivity (Wildman–Crippen MR) is 61.3 cm³/mol. The lowest BCUT2D eigenvalue weighted by Gasteiger charge is -2.02. The number of hydrogen-bond acceptors (Lipinski definition) is 1. The molecule has 0 aliphatic heterocycles. The van der Waals surface area contributed by atoms with Crippen LogP contribution in [-0.2, 0) is 4.79 Å². The van der Waals surface area contributed by atoms with Crippen molar-refractivity contribution in [2.75, 3.05) is 7.05 Å². The first-order valence-electron chi connectivity index (χ1n) is 4.85. The van der Waals surface area contributed by atoms with Gasteiger partial charge in [0.2, 0.25) is 5.91 Å². The quantitative estimate of drug-likeness (QED) is 0.702. The molecular weight excluding hydrogens is 198 g/mol. The maximum Gasteiger partial charge on any atom is 0.220 e. The summed E-state index contributed by atoms with van der Waals surface area (Å²) in [5, 5.41) is 3.42. The number of halogens is 1. The molecule has 0 aliphatic carbocycles. The van der Waals surface area contributed by atoms with Crippen LogP contribution >= 0.6 is 11.6 Å². The second-order valence-electron chi connectivity index (χ2n) is 2.98. The van der Waals surface area contributed by atoms with E-state index in [9.17, 15) is 4.79 Å². The third-order valence-electron chi connectivity index (χ3n) is 1.97. The van der Waals surface area contributed by atoms with Crippen LogP contribution in [0.2, 0.25) is 0 Å². The van der Waals surface area contributed by atoms with Gasteiger partial charge in [-0.15, -0.1) is 0 Å². The van der Waals surface area contributed by atoms with Gasteiger partial charge in [-0.05, 0) is 25.8 Å². The molecule has 0 saturated heterocycles. The molecule has 80 valence electrons. The smallest absolute Gasteiger partial charge is 0.220 e. The Bertz CT molecular complexity index is 244. The normalized spacial score (nSPS) is 12.9. The van der Waals surface area contributed by atoms with E-state index >= 15 is 0 Å². The van der Waals surface area contributed by atoms with E-state index in [1.54, 1.807) is 7.05 Å². The first-order valence-corrected chi connectivity index (χ1v) is 5.23. The molecule has 0 aromatic heterocycles. The molecule has 0 unspecified atom stereocenters. The summed E-state index contributed by atoms with van der Waals surface area (Å²) in [4.78, 5) is 11.0. The molecule has 0 aliphatic rings. The maximum atomic E-state index is 11.0. The van der Waals surface area contributed by atoms with Crippen LogP contribution in [-0.4, -0.2) is 13.0 Å². The molecule has 0 aromatic carbocycles. The Morgan fingerprint density at radius 3 is 2.50 bits per heavy atom. The molecular formula is C11H18ClNO. The summed E-state index contributed by atoms with van der Waals surface area (Å²) < 4.78 is 0. The van der Waals surface area contributed by atoms with E-state index in [0.717, 1.165) is 23.4 Å². The molecule has 0 heterocycles. The first kappa shape index (κ1) is 13.2. The van der Waals surface area contributed by atoms with Gasteiger partial charge in [0.25, 0.3) is 0 Å². The number of nitrogens with one attached hydrogen (secondary N) is 1. The van der Waals surface area contributed by atoms with Crippen molar-refractivity contribution >= 4 is 17.5 Å². The van der Waals surface area contributed by atoms with E-state index in [1.165, 1.54) is 0 Å². The largest absolute Gasteiger partial charge is 0.359 e. The summed E-state index contributed by atoms with van der Waals surface area (Å²) in [6.07, 6.45) is 6.01. The van der Waals surface area contributed by atoms with Crippen LogP contribution in [0.4, 0.5) is 0 Å². The summed E-state index contributed by atoms with van der Waals surface area (Å²) in [6, 6.07) is 0. The Balaban J connectivity index is 4.13. The zero-order chi connectivity index (χ0) is 11.0. The van der Waals surface area contributed by atoms with E-state index in [2.05, 4.69) is 5.32 Å². The highest BCUT2D eigenvalue weighted by Gasteiger charge is 2.00. The van der Waals surface area contributed by atoms with Crippen molar-refractivity contribution in [3.8, 4) is 0 Å². The van der Waals surface area contributed by atoms with Gasteiger partial charge in [0, 0.05) is 18.5 Å². The summed E-state index contributed by atoms with van der Waals surface area (Å²) in [5.74, 6) is 0.0605. The van der Waals surface area contributed by atoms with Gasteiger partial charge in [-0.2, -0.15) is 0 Å². The molecule has 3 heteroatoms. The zero-order valence-corrected chi connectivity index (χ0v) is 9.82. The van der Waals surface area contributed by atoms with E-state index in [-0.39, 0.29) is 5.91 Å². The fraction of sp³-hybridized carbons (Fsp3) is 0.545. The third kappa shape index (κ3) is 5.81. The van der Waals surface area contributed by atoms with Crippen LogP contribution in [0.3, 0.4) is 0 Å². The van der Waals surface area contributed by atoms with Crippen molar-refractivity contribution in [3.63, 3.8) is 0 Å². The van der Waals surface area contributed by atoms with E-state index in [1.807, 2.05) is 26.0 Å². The number of carbonyl (C=O) groups excluding carboxylic acids is 1. The molecule has 0 bridgehead atoms. The van der Waals surface area contributed by atoms with Gasteiger partial charge in [-0.3, -0.25) is 4.79 Å². The highest BCUT2D eigenvalue weighted by molar-refractivity contribution is 6.29. The lowest BCUT2D eigenvalue weighted by Crippen LogP contribution is -2.17. The molecule has 0 spiro atoms. The van der Waals surface area contributed by atoms with Crippen LogP contribution in [0.5, 0.6) is 0 Å². The molecule has 1 amide bonds. The fourth-order valence-electron chi connectivity index (χ4n) is 0.986. The van der Waals surface area contributed by atoms with Crippen molar-refractivity contribution in [2.24, 2.45) is 0 Å². The SMILES string of the molecule is C/C=C(\C=C(\Cl)CC)CCC(=O)NC. The lowest BCUT2D eigenvalue weighted by atomic mass is 10.1. The van der Waals surface area contributed by atoms with Gasteiger partial charge in [0.1, 0.15) is 0 Å². The Morgan fingerprint density at radius 2 is 2.07 bits per heavy atom. The fourth-order valence-corrected chi connectivity index (χ4v) is 1.13. The number of carbonyl (C=O) groups is 1. The predicted octanol–water partition coefficient (Wildman–Crippen LogP) is 2.99. The summed E-state index contributed by atoms with van der Waals surface area (Å²) in [5.41, 5.74) is 1.11. The number of rotatable bonds is 5. The van der Waals surface area contributed by atoms with Gasteiger partial charge in [0.05, 0.1) is 0 Å². The Hall–Kier alpha value is -0.760. The monoisotopic (exact) mass is 215 g/mol. The highest BCUT2D eigenvalue weighted by Crippen LogP contribution is 2.14. The first-order chi connectivity index (χ1) is 6.63.